The number of carbonyl (C=O) groups is 2. The Morgan fingerprint density at radius 3 is 2.65 bits per heavy atom. The van der Waals surface area contributed by atoms with E-state index in [-0.39, 0.29) is 11.9 Å². The van der Waals surface area contributed by atoms with Gasteiger partial charge in [0, 0.05) is 19.6 Å². The van der Waals surface area contributed by atoms with E-state index in [1.54, 1.807) is 11.8 Å². The van der Waals surface area contributed by atoms with E-state index in [9.17, 15) is 14.7 Å². The van der Waals surface area contributed by atoms with Crippen molar-refractivity contribution in [3.05, 3.63) is 35.9 Å². The summed E-state index contributed by atoms with van der Waals surface area (Å²) in [6, 6.07) is 10.1. The zero-order chi connectivity index (χ0) is 16.4. The highest BCUT2D eigenvalue weighted by Gasteiger charge is 2.44. The molecule has 23 heavy (non-hydrogen) atoms. The molecular formula is C18H24N2O3. The van der Waals surface area contributed by atoms with Crippen LogP contribution >= 0.6 is 0 Å². The molecule has 0 saturated carbocycles. The van der Waals surface area contributed by atoms with Crippen molar-refractivity contribution in [3.63, 3.8) is 0 Å². The van der Waals surface area contributed by atoms with Crippen LogP contribution < -0.4 is 0 Å². The van der Waals surface area contributed by atoms with Gasteiger partial charge in [-0.05, 0) is 38.3 Å². The molecule has 2 aliphatic heterocycles. The Hall–Kier alpha value is -1.88. The summed E-state index contributed by atoms with van der Waals surface area (Å²) in [5.41, 5.74) is 0.419. The minimum atomic E-state index is -0.805. The van der Waals surface area contributed by atoms with Gasteiger partial charge in [0.15, 0.2) is 0 Å². The van der Waals surface area contributed by atoms with Gasteiger partial charge in [-0.3, -0.25) is 14.5 Å². The van der Waals surface area contributed by atoms with Crippen molar-refractivity contribution in [1.29, 1.82) is 0 Å². The fourth-order valence-corrected chi connectivity index (χ4v) is 3.65. The lowest BCUT2D eigenvalue weighted by atomic mass is 9.90. The minimum absolute atomic E-state index is 0.100. The van der Waals surface area contributed by atoms with E-state index < -0.39 is 11.4 Å². The first-order valence-corrected chi connectivity index (χ1v) is 8.30. The van der Waals surface area contributed by atoms with Gasteiger partial charge in [-0.15, -0.1) is 0 Å². The summed E-state index contributed by atoms with van der Waals surface area (Å²) in [7, 11) is 0. The third kappa shape index (κ3) is 3.24. The van der Waals surface area contributed by atoms with Crippen LogP contribution in [-0.4, -0.2) is 52.5 Å². The third-order valence-corrected chi connectivity index (χ3v) is 5.18. The minimum Gasteiger partial charge on any atom is -0.481 e. The Kier molecular flexibility index (Phi) is 4.39. The number of hydrogen-bond acceptors (Lipinski definition) is 3. The molecule has 0 aromatic heterocycles. The Labute approximate surface area is 136 Å². The van der Waals surface area contributed by atoms with Crippen LogP contribution in [-0.2, 0) is 16.1 Å². The highest BCUT2D eigenvalue weighted by molar-refractivity contribution is 5.84. The van der Waals surface area contributed by atoms with Crippen molar-refractivity contribution in [2.45, 2.75) is 38.8 Å². The number of carbonyl (C=O) groups excluding carboxylic acids is 1. The summed E-state index contributed by atoms with van der Waals surface area (Å²) < 4.78 is 0. The normalized spacial score (nSPS) is 28.2. The molecule has 2 saturated heterocycles. The topological polar surface area (TPSA) is 60.9 Å². The number of benzene rings is 1. The van der Waals surface area contributed by atoms with Crippen molar-refractivity contribution in [3.8, 4) is 0 Å². The summed E-state index contributed by atoms with van der Waals surface area (Å²) in [6.07, 6.45) is 2.43. The van der Waals surface area contributed by atoms with Crippen molar-refractivity contribution in [1.82, 2.24) is 9.80 Å². The molecule has 0 aliphatic carbocycles. The molecule has 1 aromatic rings. The van der Waals surface area contributed by atoms with Crippen molar-refractivity contribution >= 4 is 11.9 Å². The van der Waals surface area contributed by atoms with Gasteiger partial charge in [-0.2, -0.15) is 0 Å². The number of aliphatic carboxylic acids is 1. The standard InChI is InChI=1S/C18H24N2O3/c1-18(17(22)23)9-11-20(13-18)16(21)15-8-5-10-19(15)12-14-6-3-2-4-7-14/h2-4,6-7,15H,5,8-13H2,1H3,(H,22,23)/t15-,18-/m1/s1. The number of carboxylic acids is 1. The fourth-order valence-electron chi connectivity index (χ4n) is 3.65. The SMILES string of the molecule is C[C@@]1(C(=O)O)CCN(C(=O)[C@H]2CCCN2Cc2ccccc2)C1. The molecule has 2 aliphatic rings. The molecule has 1 N–H and O–H groups in total. The van der Waals surface area contributed by atoms with E-state index in [0.29, 0.717) is 19.5 Å². The van der Waals surface area contributed by atoms with Gasteiger partial charge < -0.3 is 10.0 Å². The first-order chi connectivity index (χ1) is 11.0. The molecule has 0 radical (unpaired) electrons. The summed E-state index contributed by atoms with van der Waals surface area (Å²) in [6.45, 7) is 4.32. The quantitative estimate of drug-likeness (QED) is 0.922. The van der Waals surface area contributed by atoms with E-state index in [0.717, 1.165) is 25.9 Å². The number of carboxylic acid groups (broad SMARTS) is 1. The molecule has 2 fully saturated rings. The van der Waals surface area contributed by atoms with E-state index in [4.69, 9.17) is 0 Å². The van der Waals surface area contributed by atoms with Gasteiger partial charge in [0.25, 0.3) is 0 Å². The monoisotopic (exact) mass is 316 g/mol. The van der Waals surface area contributed by atoms with Gasteiger partial charge in [0.1, 0.15) is 0 Å². The smallest absolute Gasteiger partial charge is 0.311 e. The molecule has 1 aromatic carbocycles. The summed E-state index contributed by atoms with van der Waals surface area (Å²) in [5.74, 6) is -0.705. The zero-order valence-corrected chi connectivity index (χ0v) is 13.6. The lowest BCUT2D eigenvalue weighted by Gasteiger charge is -2.28. The van der Waals surface area contributed by atoms with Crippen LogP contribution in [0.1, 0.15) is 31.7 Å². The molecule has 0 spiro atoms. The highest BCUT2D eigenvalue weighted by atomic mass is 16.4. The molecule has 1 amide bonds. The van der Waals surface area contributed by atoms with Crippen LogP contribution in [0, 0.1) is 5.41 Å². The molecule has 5 nitrogen and oxygen atoms in total. The Morgan fingerprint density at radius 2 is 2.00 bits per heavy atom. The summed E-state index contributed by atoms with van der Waals surface area (Å²) in [4.78, 5) is 28.2. The zero-order valence-electron chi connectivity index (χ0n) is 13.6. The predicted octanol–water partition coefficient (Wildman–Crippen LogP) is 1.97. The second-order valence-corrected chi connectivity index (χ2v) is 6.99. The lowest BCUT2D eigenvalue weighted by Crippen LogP contribution is -2.45. The Bertz CT molecular complexity index is 589. The van der Waals surface area contributed by atoms with Crippen molar-refractivity contribution in [2.75, 3.05) is 19.6 Å². The van der Waals surface area contributed by atoms with E-state index in [1.165, 1.54) is 5.56 Å². The first kappa shape index (κ1) is 16.0. The van der Waals surface area contributed by atoms with Crippen molar-refractivity contribution < 1.29 is 14.7 Å². The third-order valence-electron chi connectivity index (χ3n) is 5.18. The maximum Gasteiger partial charge on any atom is 0.311 e. The summed E-state index contributed by atoms with van der Waals surface area (Å²) >= 11 is 0. The first-order valence-electron chi connectivity index (χ1n) is 8.30. The summed E-state index contributed by atoms with van der Waals surface area (Å²) in [5, 5.41) is 9.34. The van der Waals surface area contributed by atoms with Crippen LogP contribution in [0.2, 0.25) is 0 Å². The molecule has 124 valence electrons. The second kappa shape index (κ2) is 6.32. The van der Waals surface area contributed by atoms with Crippen LogP contribution in [0.5, 0.6) is 0 Å². The number of hydrogen-bond donors (Lipinski definition) is 1. The van der Waals surface area contributed by atoms with Gasteiger partial charge in [0.05, 0.1) is 11.5 Å². The maximum absolute atomic E-state index is 12.8. The van der Waals surface area contributed by atoms with Crippen LogP contribution in [0.4, 0.5) is 0 Å². The molecule has 2 heterocycles. The van der Waals surface area contributed by atoms with Gasteiger partial charge in [0.2, 0.25) is 5.91 Å². The Balaban J connectivity index is 1.66. The average Bonchev–Trinajstić information content (AvgIpc) is 3.15. The highest BCUT2D eigenvalue weighted by Crippen LogP contribution is 2.32. The maximum atomic E-state index is 12.8. The number of amides is 1. The number of nitrogens with zero attached hydrogens (tertiary/aromatic N) is 2. The molecule has 5 heteroatoms. The van der Waals surface area contributed by atoms with E-state index in [2.05, 4.69) is 17.0 Å². The second-order valence-electron chi connectivity index (χ2n) is 6.99. The molecule has 0 unspecified atom stereocenters. The number of likely N-dealkylation sites (tertiary alicyclic amines) is 2. The van der Waals surface area contributed by atoms with Crippen LogP contribution in [0.15, 0.2) is 30.3 Å². The molecule has 3 rings (SSSR count). The number of rotatable bonds is 4. The fraction of sp³-hybridized carbons (Fsp3) is 0.556. The predicted molar refractivity (Wildman–Crippen MR) is 86.8 cm³/mol. The lowest BCUT2D eigenvalue weighted by molar-refractivity contribution is -0.147. The average molecular weight is 316 g/mol. The van der Waals surface area contributed by atoms with E-state index >= 15 is 0 Å². The van der Waals surface area contributed by atoms with Gasteiger partial charge in [-0.1, -0.05) is 30.3 Å². The van der Waals surface area contributed by atoms with Crippen LogP contribution in [0.3, 0.4) is 0 Å². The molecule has 0 bridgehead atoms. The Morgan fingerprint density at radius 1 is 1.26 bits per heavy atom. The molecule has 2 atom stereocenters. The van der Waals surface area contributed by atoms with Gasteiger partial charge >= 0.3 is 5.97 Å². The van der Waals surface area contributed by atoms with Gasteiger partial charge in [-0.25, -0.2) is 0 Å². The van der Waals surface area contributed by atoms with Crippen molar-refractivity contribution in [2.24, 2.45) is 5.41 Å². The largest absolute Gasteiger partial charge is 0.481 e. The molecular weight excluding hydrogens is 292 g/mol. The van der Waals surface area contributed by atoms with Crippen LogP contribution in [0.25, 0.3) is 0 Å². The van der Waals surface area contributed by atoms with E-state index in [1.807, 2.05) is 18.2 Å².